The Balaban J connectivity index is 1.73. The first-order valence-electron chi connectivity index (χ1n) is 6.51. The van der Waals surface area contributed by atoms with Gasteiger partial charge in [0.1, 0.15) is 0 Å². The molecule has 0 aliphatic carbocycles. The normalized spacial score (nSPS) is 19.4. The Morgan fingerprint density at radius 3 is 2.79 bits per heavy atom. The van der Waals surface area contributed by atoms with Crippen LogP contribution in [0.3, 0.4) is 0 Å². The monoisotopic (exact) mass is 256 g/mol. The predicted molar refractivity (Wildman–Crippen MR) is 70.6 cm³/mol. The molecule has 0 N–H and O–H groups in total. The van der Waals surface area contributed by atoms with E-state index in [4.69, 9.17) is 0 Å². The quantitative estimate of drug-likeness (QED) is 0.822. The van der Waals surface area contributed by atoms with Crippen LogP contribution < -0.4 is 0 Å². The highest BCUT2D eigenvalue weighted by Crippen LogP contribution is 2.22. The third-order valence-electron chi connectivity index (χ3n) is 3.56. The van der Waals surface area contributed by atoms with Gasteiger partial charge in [0.05, 0.1) is 12.4 Å². The van der Waals surface area contributed by atoms with Gasteiger partial charge in [-0.2, -0.15) is 0 Å². The highest BCUT2D eigenvalue weighted by atomic mass is 16.2. The second kappa shape index (κ2) is 5.22. The van der Waals surface area contributed by atoms with Gasteiger partial charge in [0.15, 0.2) is 0 Å². The third-order valence-corrected chi connectivity index (χ3v) is 3.56. The van der Waals surface area contributed by atoms with E-state index in [0.29, 0.717) is 11.6 Å². The Hall–Kier alpha value is -2.17. The van der Waals surface area contributed by atoms with Crippen molar-refractivity contribution >= 4 is 5.91 Å². The fourth-order valence-corrected chi connectivity index (χ4v) is 2.55. The first kappa shape index (κ1) is 11.9. The molecule has 1 atom stereocenters. The SMILES string of the molecule is O=C(c1ccncc1)N1CCC[C@@H](n2ccnc2)C1. The van der Waals surface area contributed by atoms with Crippen LogP contribution in [0.15, 0.2) is 43.2 Å². The van der Waals surface area contributed by atoms with E-state index in [1.807, 2.05) is 17.4 Å². The van der Waals surface area contributed by atoms with Crippen LogP contribution in [0, 0.1) is 0 Å². The number of hydrogen-bond acceptors (Lipinski definition) is 3. The summed E-state index contributed by atoms with van der Waals surface area (Å²) >= 11 is 0. The van der Waals surface area contributed by atoms with Crippen LogP contribution in [-0.2, 0) is 0 Å². The Bertz CT molecular complexity index is 538. The first-order valence-corrected chi connectivity index (χ1v) is 6.51. The number of rotatable bonds is 2. The molecule has 0 spiro atoms. The maximum absolute atomic E-state index is 12.4. The lowest BCUT2D eigenvalue weighted by molar-refractivity contribution is 0.0679. The van der Waals surface area contributed by atoms with E-state index in [1.54, 1.807) is 30.7 Å². The maximum Gasteiger partial charge on any atom is 0.254 e. The van der Waals surface area contributed by atoms with Gasteiger partial charge in [0.2, 0.25) is 0 Å². The van der Waals surface area contributed by atoms with E-state index in [2.05, 4.69) is 14.5 Å². The number of nitrogens with zero attached hydrogens (tertiary/aromatic N) is 4. The van der Waals surface area contributed by atoms with Gasteiger partial charge < -0.3 is 9.47 Å². The van der Waals surface area contributed by atoms with Crippen LogP contribution in [0.2, 0.25) is 0 Å². The van der Waals surface area contributed by atoms with Crippen LogP contribution in [-0.4, -0.2) is 38.4 Å². The molecule has 5 heteroatoms. The minimum atomic E-state index is 0.0900. The highest BCUT2D eigenvalue weighted by molar-refractivity contribution is 5.94. The molecular formula is C14H16N4O. The zero-order chi connectivity index (χ0) is 13.1. The highest BCUT2D eigenvalue weighted by Gasteiger charge is 2.25. The van der Waals surface area contributed by atoms with E-state index in [-0.39, 0.29) is 5.91 Å². The van der Waals surface area contributed by atoms with Crippen molar-refractivity contribution in [3.8, 4) is 0 Å². The maximum atomic E-state index is 12.4. The minimum absolute atomic E-state index is 0.0900. The van der Waals surface area contributed by atoms with Crippen molar-refractivity contribution in [1.82, 2.24) is 19.4 Å². The number of carbonyl (C=O) groups is 1. The molecule has 0 radical (unpaired) electrons. The van der Waals surface area contributed by atoms with Crippen LogP contribution >= 0.6 is 0 Å². The van der Waals surface area contributed by atoms with Crippen molar-refractivity contribution in [2.24, 2.45) is 0 Å². The Morgan fingerprint density at radius 2 is 2.05 bits per heavy atom. The standard InChI is InChI=1S/C14H16N4O/c19-14(12-3-5-15-6-4-12)17-8-1-2-13(10-17)18-9-7-16-11-18/h3-7,9,11,13H,1-2,8,10H2/t13-/m1/s1. The van der Waals surface area contributed by atoms with E-state index in [1.165, 1.54) is 0 Å². The topological polar surface area (TPSA) is 51.0 Å². The van der Waals surface area contributed by atoms with Gasteiger partial charge in [0.25, 0.3) is 5.91 Å². The fourth-order valence-electron chi connectivity index (χ4n) is 2.55. The number of likely N-dealkylation sites (tertiary alicyclic amines) is 1. The molecular weight excluding hydrogens is 240 g/mol. The second-order valence-electron chi connectivity index (χ2n) is 4.79. The summed E-state index contributed by atoms with van der Waals surface area (Å²) in [4.78, 5) is 22.3. The molecule has 0 saturated carbocycles. The lowest BCUT2D eigenvalue weighted by Gasteiger charge is -2.33. The number of hydrogen-bond donors (Lipinski definition) is 0. The number of amides is 1. The zero-order valence-corrected chi connectivity index (χ0v) is 10.6. The zero-order valence-electron chi connectivity index (χ0n) is 10.6. The summed E-state index contributed by atoms with van der Waals surface area (Å²) in [6, 6.07) is 3.87. The van der Waals surface area contributed by atoms with E-state index in [0.717, 1.165) is 25.9 Å². The van der Waals surface area contributed by atoms with Crippen molar-refractivity contribution < 1.29 is 4.79 Å². The number of piperidine rings is 1. The second-order valence-corrected chi connectivity index (χ2v) is 4.79. The molecule has 1 aliphatic rings. The van der Waals surface area contributed by atoms with E-state index in [9.17, 15) is 4.79 Å². The average molecular weight is 256 g/mol. The minimum Gasteiger partial charge on any atom is -0.337 e. The molecule has 2 aromatic heterocycles. The average Bonchev–Trinajstić information content (AvgIpc) is 3.02. The molecule has 2 aromatic rings. The van der Waals surface area contributed by atoms with E-state index >= 15 is 0 Å². The van der Waals surface area contributed by atoms with Crippen molar-refractivity contribution in [2.75, 3.05) is 13.1 Å². The molecule has 3 rings (SSSR count). The number of aromatic nitrogens is 3. The Kier molecular flexibility index (Phi) is 3.27. The summed E-state index contributed by atoms with van der Waals surface area (Å²) in [7, 11) is 0. The van der Waals surface area contributed by atoms with E-state index < -0.39 is 0 Å². The summed E-state index contributed by atoms with van der Waals surface area (Å²) in [5.74, 6) is 0.0900. The van der Waals surface area contributed by atoms with Crippen LogP contribution in [0.4, 0.5) is 0 Å². The lowest BCUT2D eigenvalue weighted by Crippen LogP contribution is -2.40. The number of carbonyl (C=O) groups excluding carboxylic acids is 1. The van der Waals surface area contributed by atoms with Gasteiger partial charge in [-0.05, 0) is 25.0 Å². The molecule has 1 aliphatic heterocycles. The van der Waals surface area contributed by atoms with Crippen molar-refractivity contribution in [2.45, 2.75) is 18.9 Å². The molecule has 0 unspecified atom stereocenters. The molecule has 1 saturated heterocycles. The number of pyridine rings is 1. The van der Waals surface area contributed by atoms with Crippen molar-refractivity contribution in [1.29, 1.82) is 0 Å². The largest absolute Gasteiger partial charge is 0.337 e. The summed E-state index contributed by atoms with van der Waals surface area (Å²) < 4.78 is 2.09. The summed E-state index contributed by atoms with van der Waals surface area (Å²) in [6.45, 7) is 1.57. The molecule has 1 fully saturated rings. The van der Waals surface area contributed by atoms with Gasteiger partial charge in [-0.1, -0.05) is 0 Å². The molecule has 3 heterocycles. The molecule has 19 heavy (non-hydrogen) atoms. The molecule has 5 nitrogen and oxygen atoms in total. The fraction of sp³-hybridized carbons (Fsp3) is 0.357. The van der Waals surface area contributed by atoms with Crippen molar-refractivity contribution in [3.63, 3.8) is 0 Å². The summed E-state index contributed by atoms with van der Waals surface area (Å²) in [5, 5.41) is 0. The van der Waals surface area contributed by atoms with Crippen LogP contribution in [0.1, 0.15) is 29.2 Å². The van der Waals surface area contributed by atoms with Crippen LogP contribution in [0.25, 0.3) is 0 Å². The molecule has 0 bridgehead atoms. The Morgan fingerprint density at radius 1 is 1.21 bits per heavy atom. The number of imidazole rings is 1. The predicted octanol–water partition coefficient (Wildman–Crippen LogP) is 1.76. The first-order chi connectivity index (χ1) is 9.34. The van der Waals surface area contributed by atoms with Crippen molar-refractivity contribution in [3.05, 3.63) is 48.8 Å². The van der Waals surface area contributed by atoms with Gasteiger partial charge in [0, 0.05) is 43.4 Å². The van der Waals surface area contributed by atoms with Gasteiger partial charge in [-0.3, -0.25) is 9.78 Å². The third kappa shape index (κ3) is 2.50. The van der Waals surface area contributed by atoms with Gasteiger partial charge >= 0.3 is 0 Å². The molecule has 1 amide bonds. The van der Waals surface area contributed by atoms with Gasteiger partial charge in [-0.25, -0.2) is 4.98 Å². The lowest BCUT2D eigenvalue weighted by atomic mass is 10.0. The summed E-state index contributed by atoms with van der Waals surface area (Å²) in [6.07, 6.45) is 11.0. The molecule has 0 aromatic carbocycles. The Labute approximate surface area is 111 Å². The smallest absolute Gasteiger partial charge is 0.254 e. The summed E-state index contributed by atoms with van der Waals surface area (Å²) in [5.41, 5.74) is 0.710. The van der Waals surface area contributed by atoms with Gasteiger partial charge in [-0.15, -0.1) is 0 Å². The molecule has 98 valence electrons. The van der Waals surface area contributed by atoms with Crippen LogP contribution in [0.5, 0.6) is 0 Å².